The lowest BCUT2D eigenvalue weighted by molar-refractivity contribution is 0.102. The third-order valence-corrected chi connectivity index (χ3v) is 4.75. The monoisotopic (exact) mass is 321 g/mol. The first-order valence-electron chi connectivity index (χ1n) is 7.00. The molecule has 21 heavy (non-hydrogen) atoms. The van der Waals surface area contributed by atoms with Gasteiger partial charge in [0.1, 0.15) is 5.15 Å². The van der Waals surface area contributed by atoms with E-state index >= 15 is 0 Å². The molecule has 0 fully saturated rings. The van der Waals surface area contributed by atoms with Crippen molar-refractivity contribution in [1.29, 1.82) is 0 Å². The van der Waals surface area contributed by atoms with Crippen LogP contribution in [-0.2, 0) is 12.8 Å². The Morgan fingerprint density at radius 2 is 2.14 bits per heavy atom. The molecule has 1 aliphatic carbocycles. The van der Waals surface area contributed by atoms with Crippen molar-refractivity contribution in [2.75, 3.05) is 5.32 Å². The van der Waals surface area contributed by atoms with Crippen molar-refractivity contribution in [2.45, 2.75) is 39.0 Å². The Labute approximate surface area is 132 Å². The summed E-state index contributed by atoms with van der Waals surface area (Å²) in [7, 11) is 0. The number of hydrogen-bond donors (Lipinski definition) is 1. The summed E-state index contributed by atoms with van der Waals surface area (Å²) in [5, 5.41) is 3.87. The summed E-state index contributed by atoms with van der Waals surface area (Å²) in [6, 6.07) is 3.37. The summed E-state index contributed by atoms with van der Waals surface area (Å²) < 4.78 is 0. The first-order valence-corrected chi connectivity index (χ1v) is 8.20. The van der Waals surface area contributed by atoms with Gasteiger partial charge >= 0.3 is 0 Å². The van der Waals surface area contributed by atoms with Crippen LogP contribution in [0.25, 0.3) is 0 Å². The van der Waals surface area contributed by atoms with Gasteiger partial charge in [-0.15, -0.1) is 11.3 Å². The Bertz CT molecular complexity index is 675. The van der Waals surface area contributed by atoms with Crippen LogP contribution in [-0.4, -0.2) is 15.9 Å². The molecule has 1 amide bonds. The van der Waals surface area contributed by atoms with Crippen LogP contribution in [0.2, 0.25) is 5.15 Å². The van der Waals surface area contributed by atoms with Crippen molar-refractivity contribution in [3.8, 4) is 0 Å². The summed E-state index contributed by atoms with van der Waals surface area (Å²) in [6.45, 7) is 4.04. The van der Waals surface area contributed by atoms with E-state index in [1.54, 1.807) is 23.5 Å². The number of carbonyl (C=O) groups excluding carboxylic acids is 1. The third-order valence-electron chi connectivity index (χ3n) is 3.48. The maximum absolute atomic E-state index is 12.3. The van der Waals surface area contributed by atoms with Gasteiger partial charge in [0.05, 0.1) is 5.69 Å². The topological polar surface area (TPSA) is 54.9 Å². The number of carbonyl (C=O) groups is 1. The fraction of sp³-hybridized carbons (Fsp3) is 0.400. The van der Waals surface area contributed by atoms with Crippen molar-refractivity contribution < 1.29 is 4.79 Å². The molecular weight excluding hydrogens is 306 g/mol. The molecule has 1 N–H and O–H groups in total. The Balaban J connectivity index is 1.81. The van der Waals surface area contributed by atoms with Gasteiger partial charge in [-0.3, -0.25) is 10.1 Å². The highest BCUT2D eigenvalue weighted by Crippen LogP contribution is 2.30. The number of halogens is 1. The summed E-state index contributed by atoms with van der Waals surface area (Å²) in [4.78, 5) is 22.3. The second-order valence-electron chi connectivity index (χ2n) is 5.45. The lowest BCUT2D eigenvalue weighted by Crippen LogP contribution is -2.13. The van der Waals surface area contributed by atoms with E-state index in [4.69, 9.17) is 11.6 Å². The Morgan fingerprint density at radius 3 is 2.86 bits per heavy atom. The second-order valence-corrected chi connectivity index (χ2v) is 6.93. The minimum Gasteiger partial charge on any atom is -0.298 e. The number of aromatic nitrogens is 2. The van der Waals surface area contributed by atoms with E-state index in [-0.39, 0.29) is 11.8 Å². The first kappa shape index (κ1) is 14.5. The fourth-order valence-corrected chi connectivity index (χ4v) is 3.62. The number of fused-ring (bicyclic) bond motifs is 1. The van der Waals surface area contributed by atoms with E-state index in [9.17, 15) is 4.79 Å². The molecule has 0 saturated heterocycles. The molecule has 0 radical (unpaired) electrons. The van der Waals surface area contributed by atoms with Crippen LogP contribution in [0, 0.1) is 0 Å². The summed E-state index contributed by atoms with van der Waals surface area (Å²) in [6.07, 6.45) is 3.25. The number of aryl methyl sites for hydroxylation is 2. The molecule has 1 aliphatic rings. The molecule has 3 rings (SSSR count). The zero-order valence-corrected chi connectivity index (χ0v) is 13.5. The van der Waals surface area contributed by atoms with Crippen molar-refractivity contribution in [3.63, 3.8) is 0 Å². The largest absolute Gasteiger partial charge is 0.298 e. The van der Waals surface area contributed by atoms with Crippen molar-refractivity contribution in [1.82, 2.24) is 9.97 Å². The van der Waals surface area contributed by atoms with E-state index in [0.29, 0.717) is 15.8 Å². The molecule has 4 nitrogen and oxygen atoms in total. The number of thiazole rings is 1. The molecule has 0 bridgehead atoms. The number of hydrogen-bond acceptors (Lipinski definition) is 4. The third kappa shape index (κ3) is 3.09. The molecule has 6 heteroatoms. The Kier molecular flexibility index (Phi) is 3.95. The van der Waals surface area contributed by atoms with Crippen LogP contribution in [0.5, 0.6) is 0 Å². The summed E-state index contributed by atoms with van der Waals surface area (Å²) in [5.41, 5.74) is 2.47. The maximum atomic E-state index is 12.3. The van der Waals surface area contributed by atoms with Crippen molar-refractivity contribution in [3.05, 3.63) is 39.1 Å². The van der Waals surface area contributed by atoms with Crippen LogP contribution in [0.1, 0.15) is 52.8 Å². The van der Waals surface area contributed by atoms with Crippen LogP contribution < -0.4 is 5.32 Å². The maximum Gasteiger partial charge on any atom is 0.257 e. The Hall–Kier alpha value is -1.46. The first-order chi connectivity index (χ1) is 10.0. The molecule has 2 aromatic heterocycles. The molecule has 0 atom stereocenters. The smallest absolute Gasteiger partial charge is 0.257 e. The summed E-state index contributed by atoms with van der Waals surface area (Å²) >= 11 is 7.57. The van der Waals surface area contributed by atoms with Crippen LogP contribution in [0.4, 0.5) is 5.13 Å². The molecule has 110 valence electrons. The number of amides is 1. The molecule has 0 aromatic carbocycles. The SMILES string of the molecule is CC(C)c1cc(C(=O)Nc2nc3c(s2)CCC3)cc(Cl)n1. The lowest BCUT2D eigenvalue weighted by Gasteiger charge is -2.08. The van der Waals surface area contributed by atoms with E-state index in [1.807, 2.05) is 13.8 Å². The van der Waals surface area contributed by atoms with Gasteiger partial charge in [0.15, 0.2) is 5.13 Å². The van der Waals surface area contributed by atoms with E-state index < -0.39 is 0 Å². The molecule has 0 spiro atoms. The highest BCUT2D eigenvalue weighted by atomic mass is 35.5. The highest BCUT2D eigenvalue weighted by Gasteiger charge is 2.18. The minimum absolute atomic E-state index is 0.186. The van der Waals surface area contributed by atoms with Gasteiger partial charge in [-0.2, -0.15) is 0 Å². The van der Waals surface area contributed by atoms with Crippen molar-refractivity contribution >= 4 is 34.0 Å². The summed E-state index contributed by atoms with van der Waals surface area (Å²) in [5.74, 6) is 0.0348. The predicted molar refractivity (Wildman–Crippen MR) is 85.4 cm³/mol. The lowest BCUT2D eigenvalue weighted by atomic mass is 10.1. The number of rotatable bonds is 3. The fourth-order valence-electron chi connectivity index (χ4n) is 2.36. The zero-order valence-electron chi connectivity index (χ0n) is 11.9. The van der Waals surface area contributed by atoms with Gasteiger partial charge in [0.2, 0.25) is 0 Å². The number of anilines is 1. The predicted octanol–water partition coefficient (Wildman–Crippen LogP) is 4.06. The van der Waals surface area contributed by atoms with Crippen LogP contribution in [0.3, 0.4) is 0 Å². The number of nitrogens with one attached hydrogen (secondary N) is 1. The van der Waals surface area contributed by atoms with Gasteiger partial charge in [-0.25, -0.2) is 9.97 Å². The van der Waals surface area contributed by atoms with Crippen LogP contribution >= 0.6 is 22.9 Å². The van der Waals surface area contributed by atoms with Gasteiger partial charge < -0.3 is 0 Å². The van der Waals surface area contributed by atoms with Gasteiger partial charge in [-0.1, -0.05) is 25.4 Å². The molecular formula is C15H16ClN3OS. The van der Waals surface area contributed by atoms with Crippen LogP contribution in [0.15, 0.2) is 12.1 Å². The van der Waals surface area contributed by atoms with Crippen molar-refractivity contribution in [2.24, 2.45) is 0 Å². The molecule has 0 saturated carbocycles. The number of nitrogens with zero attached hydrogens (tertiary/aromatic N) is 2. The Morgan fingerprint density at radius 1 is 1.33 bits per heavy atom. The molecule has 2 heterocycles. The van der Waals surface area contributed by atoms with E-state index in [1.165, 1.54) is 11.3 Å². The molecule has 0 unspecified atom stereocenters. The highest BCUT2D eigenvalue weighted by molar-refractivity contribution is 7.16. The normalized spacial score (nSPS) is 13.5. The zero-order chi connectivity index (χ0) is 15.0. The average molecular weight is 322 g/mol. The average Bonchev–Trinajstić information content (AvgIpc) is 2.98. The molecule has 2 aromatic rings. The second kappa shape index (κ2) is 5.73. The van der Waals surface area contributed by atoms with Gasteiger partial charge in [-0.05, 0) is 37.3 Å². The minimum atomic E-state index is -0.186. The van der Waals surface area contributed by atoms with E-state index in [0.717, 1.165) is 24.2 Å². The van der Waals surface area contributed by atoms with Gasteiger partial charge in [0, 0.05) is 16.1 Å². The molecule has 0 aliphatic heterocycles. The quantitative estimate of drug-likeness (QED) is 0.867. The van der Waals surface area contributed by atoms with E-state index in [2.05, 4.69) is 15.3 Å². The van der Waals surface area contributed by atoms with Gasteiger partial charge in [0.25, 0.3) is 5.91 Å². The number of pyridine rings is 1. The standard InChI is InChI=1S/C15H16ClN3OS/c1-8(2)11-6-9(7-13(16)17-11)14(20)19-15-18-10-4-3-5-12(10)21-15/h6-8H,3-5H2,1-2H3,(H,18,19,20).